The third kappa shape index (κ3) is 9.66. The van der Waals surface area contributed by atoms with Crippen molar-refractivity contribution in [1.82, 2.24) is 5.32 Å². The Balaban J connectivity index is 2.20. The van der Waals surface area contributed by atoms with Gasteiger partial charge in [0.1, 0.15) is 6.10 Å². The number of hydrogen-bond donors (Lipinski definition) is 1. The van der Waals surface area contributed by atoms with Crippen molar-refractivity contribution in [3.05, 3.63) is 24.3 Å². The number of ether oxygens (including phenoxy) is 3. The largest absolute Gasteiger partial charge is 0.466 e. The molecule has 0 bridgehead atoms. The zero-order valence-corrected chi connectivity index (χ0v) is 14.2. The molecule has 0 aromatic carbocycles. The first-order valence-corrected chi connectivity index (χ1v) is 8.02. The smallest absolute Gasteiger partial charge is 0.407 e. The number of carbonyl (C=O) groups excluding carboxylic acids is 3. The van der Waals surface area contributed by atoms with Gasteiger partial charge in [-0.2, -0.15) is 0 Å². The Hall–Kier alpha value is -2.31. The van der Waals surface area contributed by atoms with Crippen LogP contribution in [0.4, 0.5) is 4.79 Å². The first kappa shape index (κ1) is 19.7. The first-order chi connectivity index (χ1) is 11.5. The van der Waals surface area contributed by atoms with Crippen LogP contribution in [0.3, 0.4) is 0 Å². The summed E-state index contributed by atoms with van der Waals surface area (Å²) in [5.74, 6) is -0.592. The van der Waals surface area contributed by atoms with Crippen LogP contribution in [0.1, 0.15) is 33.1 Å². The Labute approximate surface area is 142 Å². The van der Waals surface area contributed by atoms with E-state index in [2.05, 4.69) is 5.32 Å². The number of nitrogens with one attached hydrogen (secondary N) is 1. The molecule has 1 N–H and O–H groups in total. The minimum Gasteiger partial charge on any atom is -0.466 e. The fourth-order valence-electron chi connectivity index (χ4n) is 2.16. The van der Waals surface area contributed by atoms with Crippen molar-refractivity contribution in [3.63, 3.8) is 0 Å². The molecule has 134 valence electrons. The second-order valence-corrected chi connectivity index (χ2v) is 5.48. The van der Waals surface area contributed by atoms with E-state index >= 15 is 0 Å². The lowest BCUT2D eigenvalue weighted by Crippen LogP contribution is -2.30. The lowest BCUT2D eigenvalue weighted by molar-refractivity contribution is -0.148. The molecule has 0 saturated carbocycles. The Morgan fingerprint density at radius 3 is 2.54 bits per heavy atom. The van der Waals surface area contributed by atoms with Crippen molar-refractivity contribution in [2.75, 3.05) is 19.8 Å². The number of alkyl carbamates (subject to hydrolysis) is 1. The molecule has 1 amide bonds. The van der Waals surface area contributed by atoms with Gasteiger partial charge in [0.2, 0.25) is 0 Å². The quantitative estimate of drug-likeness (QED) is 0.511. The maximum Gasteiger partial charge on any atom is 0.407 e. The lowest BCUT2D eigenvalue weighted by Gasteiger charge is -2.17. The molecule has 0 saturated heterocycles. The maximum absolute atomic E-state index is 11.6. The van der Waals surface area contributed by atoms with Crippen LogP contribution in [0.25, 0.3) is 0 Å². The van der Waals surface area contributed by atoms with E-state index < -0.39 is 18.2 Å². The molecule has 1 aliphatic rings. The lowest BCUT2D eigenvalue weighted by atomic mass is 10.0. The van der Waals surface area contributed by atoms with E-state index in [1.54, 1.807) is 0 Å². The molecule has 0 aliphatic heterocycles. The number of amides is 1. The molecule has 0 aromatic rings. The van der Waals surface area contributed by atoms with Gasteiger partial charge in [-0.1, -0.05) is 24.3 Å². The highest BCUT2D eigenvalue weighted by Crippen LogP contribution is 2.11. The molecule has 7 nitrogen and oxygen atoms in total. The molecule has 0 heterocycles. The van der Waals surface area contributed by atoms with Crippen molar-refractivity contribution in [2.24, 2.45) is 5.92 Å². The fraction of sp³-hybridized carbons (Fsp3) is 0.588. The van der Waals surface area contributed by atoms with Crippen LogP contribution in [0.5, 0.6) is 0 Å². The van der Waals surface area contributed by atoms with Gasteiger partial charge in [-0.25, -0.2) is 4.79 Å². The van der Waals surface area contributed by atoms with Gasteiger partial charge in [-0.05, 0) is 6.42 Å². The Kier molecular flexibility index (Phi) is 9.26. The zero-order chi connectivity index (χ0) is 17.8. The van der Waals surface area contributed by atoms with Crippen LogP contribution in [0.2, 0.25) is 0 Å². The van der Waals surface area contributed by atoms with Crippen LogP contribution in [-0.2, 0) is 23.8 Å². The standard InChI is InChI=1S/C17H25NO6/c1-13(19)22-11-9-16(24-14(2)20)8-10-18-17(21)23-12-15-6-4-3-5-7-15/h3-6,15-16H,7-12H2,1-2H3,(H,18,21)/t15?,16-/m0/s1. The van der Waals surface area contributed by atoms with E-state index in [0.29, 0.717) is 26.0 Å². The third-order valence-corrected chi connectivity index (χ3v) is 3.31. The highest BCUT2D eigenvalue weighted by molar-refractivity contribution is 5.67. The summed E-state index contributed by atoms with van der Waals surface area (Å²) in [6.45, 7) is 3.42. The second kappa shape index (κ2) is 11.3. The summed E-state index contributed by atoms with van der Waals surface area (Å²) in [6.07, 6.45) is 8.65. The fourth-order valence-corrected chi connectivity index (χ4v) is 2.16. The summed E-state index contributed by atoms with van der Waals surface area (Å²) < 4.78 is 15.1. The third-order valence-electron chi connectivity index (χ3n) is 3.31. The Morgan fingerprint density at radius 2 is 1.92 bits per heavy atom. The minimum absolute atomic E-state index is 0.166. The predicted octanol–water partition coefficient (Wildman–Crippen LogP) is 2.12. The van der Waals surface area contributed by atoms with E-state index in [1.807, 2.05) is 24.3 Å². The van der Waals surface area contributed by atoms with E-state index in [4.69, 9.17) is 14.2 Å². The molecule has 24 heavy (non-hydrogen) atoms. The molecule has 1 unspecified atom stereocenters. The van der Waals surface area contributed by atoms with Crippen molar-refractivity contribution in [1.29, 1.82) is 0 Å². The molecule has 1 aliphatic carbocycles. The summed E-state index contributed by atoms with van der Waals surface area (Å²) >= 11 is 0. The van der Waals surface area contributed by atoms with Crippen molar-refractivity contribution in [2.45, 2.75) is 39.2 Å². The molecule has 0 aromatic heterocycles. The molecule has 0 spiro atoms. The highest BCUT2D eigenvalue weighted by Gasteiger charge is 2.14. The first-order valence-electron chi connectivity index (χ1n) is 8.02. The molecule has 0 radical (unpaired) electrons. The summed E-state index contributed by atoms with van der Waals surface area (Å²) in [6, 6.07) is 0. The van der Waals surface area contributed by atoms with Gasteiger partial charge < -0.3 is 19.5 Å². The van der Waals surface area contributed by atoms with Gasteiger partial charge in [-0.15, -0.1) is 0 Å². The van der Waals surface area contributed by atoms with Crippen molar-refractivity contribution in [3.8, 4) is 0 Å². The molecule has 0 fully saturated rings. The van der Waals surface area contributed by atoms with Gasteiger partial charge in [0, 0.05) is 39.2 Å². The van der Waals surface area contributed by atoms with E-state index in [0.717, 1.165) is 6.42 Å². The van der Waals surface area contributed by atoms with E-state index in [-0.39, 0.29) is 18.5 Å². The Morgan fingerprint density at radius 1 is 1.12 bits per heavy atom. The SMILES string of the molecule is CC(=O)OCC[C@H](CCNC(=O)OCC1C=CC=CC1)OC(C)=O. The topological polar surface area (TPSA) is 90.9 Å². The number of rotatable bonds is 9. The van der Waals surface area contributed by atoms with E-state index in [1.165, 1.54) is 13.8 Å². The molecular weight excluding hydrogens is 314 g/mol. The monoisotopic (exact) mass is 339 g/mol. The van der Waals surface area contributed by atoms with E-state index in [9.17, 15) is 14.4 Å². The minimum atomic E-state index is -0.500. The highest BCUT2D eigenvalue weighted by atomic mass is 16.6. The van der Waals surface area contributed by atoms with Crippen LogP contribution in [-0.4, -0.2) is 43.9 Å². The molecule has 7 heteroatoms. The van der Waals surface area contributed by atoms with Gasteiger partial charge in [0.05, 0.1) is 13.2 Å². The van der Waals surface area contributed by atoms with Gasteiger partial charge in [0.25, 0.3) is 0 Å². The van der Waals surface area contributed by atoms with Crippen molar-refractivity contribution >= 4 is 18.0 Å². The van der Waals surface area contributed by atoms with Crippen LogP contribution in [0, 0.1) is 5.92 Å². The van der Waals surface area contributed by atoms with Gasteiger partial charge >= 0.3 is 18.0 Å². The number of carbonyl (C=O) groups is 3. The number of hydrogen-bond acceptors (Lipinski definition) is 6. The van der Waals surface area contributed by atoms with Gasteiger partial charge in [-0.3, -0.25) is 9.59 Å². The van der Waals surface area contributed by atoms with Crippen LogP contribution >= 0.6 is 0 Å². The van der Waals surface area contributed by atoms with Crippen molar-refractivity contribution < 1.29 is 28.6 Å². The average Bonchev–Trinajstić information content (AvgIpc) is 2.53. The number of esters is 2. The zero-order valence-electron chi connectivity index (χ0n) is 14.2. The average molecular weight is 339 g/mol. The maximum atomic E-state index is 11.6. The Bertz CT molecular complexity index is 485. The molecular formula is C17H25NO6. The van der Waals surface area contributed by atoms with Gasteiger partial charge in [0.15, 0.2) is 0 Å². The summed E-state index contributed by atoms with van der Waals surface area (Å²) in [5, 5.41) is 2.62. The second-order valence-electron chi connectivity index (χ2n) is 5.48. The number of allylic oxidation sites excluding steroid dienone is 3. The molecule has 2 atom stereocenters. The summed E-state index contributed by atoms with van der Waals surface area (Å²) in [4.78, 5) is 33.5. The normalized spacial score (nSPS) is 17.0. The van der Waals surface area contributed by atoms with Crippen LogP contribution in [0.15, 0.2) is 24.3 Å². The predicted molar refractivity (Wildman–Crippen MR) is 87.2 cm³/mol. The van der Waals surface area contributed by atoms with Crippen LogP contribution < -0.4 is 5.32 Å². The molecule has 1 rings (SSSR count). The summed E-state index contributed by atoms with van der Waals surface area (Å²) in [5.41, 5.74) is 0. The summed E-state index contributed by atoms with van der Waals surface area (Å²) in [7, 11) is 0.